The molecule has 2 aromatic carbocycles. The number of fused-ring (bicyclic) bond motifs is 1. The van der Waals surface area contributed by atoms with Gasteiger partial charge in [-0.1, -0.05) is 71.9 Å². The maximum atomic E-state index is 12.9. The molecule has 0 aliphatic heterocycles. The highest BCUT2D eigenvalue weighted by Crippen LogP contribution is 2.36. The van der Waals surface area contributed by atoms with Crippen molar-refractivity contribution in [3.05, 3.63) is 86.8 Å². The third-order valence-corrected chi connectivity index (χ3v) is 8.37. The first-order chi connectivity index (χ1) is 18.4. The van der Waals surface area contributed by atoms with Gasteiger partial charge < -0.3 is 15.0 Å². The van der Waals surface area contributed by atoms with Gasteiger partial charge in [-0.25, -0.2) is 9.78 Å². The van der Waals surface area contributed by atoms with Gasteiger partial charge in [0.1, 0.15) is 15.4 Å². The Kier molecular flexibility index (Phi) is 7.73. The van der Waals surface area contributed by atoms with E-state index in [1.807, 2.05) is 72.3 Å². The fraction of sp³-hybridized carbons (Fsp3) is 0.143. The van der Waals surface area contributed by atoms with E-state index in [2.05, 4.69) is 15.3 Å². The number of hydrogen-bond donors (Lipinski definition) is 2. The number of thiophene rings is 2. The van der Waals surface area contributed by atoms with Crippen LogP contribution in [0.15, 0.2) is 75.3 Å². The number of rotatable bonds is 8. The molecule has 0 radical (unpaired) electrons. The summed E-state index contributed by atoms with van der Waals surface area (Å²) >= 11 is 3.79. The normalized spacial score (nSPS) is 11.0. The molecule has 10 heteroatoms. The quantitative estimate of drug-likeness (QED) is 0.126. The summed E-state index contributed by atoms with van der Waals surface area (Å²) in [6.45, 7) is 3.98. The lowest BCUT2D eigenvalue weighted by Crippen LogP contribution is -2.17. The molecule has 0 bridgehead atoms. The number of amides is 1. The second-order valence-electron chi connectivity index (χ2n) is 8.34. The molecule has 1 amide bonds. The lowest BCUT2D eigenvalue weighted by molar-refractivity contribution is -0.113. The van der Waals surface area contributed by atoms with E-state index in [0.717, 1.165) is 34.0 Å². The van der Waals surface area contributed by atoms with Gasteiger partial charge in [0, 0.05) is 21.9 Å². The SMILES string of the molecule is CCOC(=O)c1c(-c2ccccc2)csc1NC(=O)CSc1nc2scc(-c3ccc(C)cc3)c2c(=O)[nH]1. The smallest absolute Gasteiger partial charge is 0.341 e. The minimum Gasteiger partial charge on any atom is -0.462 e. The average molecular weight is 562 g/mol. The molecular weight excluding hydrogens is 539 g/mol. The van der Waals surface area contributed by atoms with E-state index in [1.54, 1.807) is 6.92 Å². The van der Waals surface area contributed by atoms with Gasteiger partial charge in [0.2, 0.25) is 5.91 Å². The summed E-state index contributed by atoms with van der Waals surface area (Å²) in [5.41, 5.74) is 4.59. The summed E-state index contributed by atoms with van der Waals surface area (Å²) in [5.74, 6) is -0.809. The summed E-state index contributed by atoms with van der Waals surface area (Å²) in [7, 11) is 0. The van der Waals surface area contributed by atoms with Gasteiger partial charge in [-0.3, -0.25) is 9.59 Å². The first kappa shape index (κ1) is 25.9. The van der Waals surface area contributed by atoms with Crippen molar-refractivity contribution < 1.29 is 14.3 Å². The van der Waals surface area contributed by atoms with Crippen molar-refractivity contribution in [1.82, 2.24) is 9.97 Å². The number of benzene rings is 2. The summed E-state index contributed by atoms with van der Waals surface area (Å²) in [4.78, 5) is 46.5. The van der Waals surface area contributed by atoms with Crippen LogP contribution in [0.5, 0.6) is 0 Å². The average Bonchev–Trinajstić information content (AvgIpc) is 3.53. The largest absolute Gasteiger partial charge is 0.462 e. The molecular formula is C28H23N3O4S3. The second-order valence-corrected chi connectivity index (χ2v) is 11.0. The number of H-pyrrole nitrogens is 1. The van der Waals surface area contributed by atoms with Crippen LogP contribution in [-0.2, 0) is 9.53 Å². The van der Waals surface area contributed by atoms with Crippen molar-refractivity contribution in [3.63, 3.8) is 0 Å². The van der Waals surface area contributed by atoms with E-state index in [-0.39, 0.29) is 23.8 Å². The van der Waals surface area contributed by atoms with Crippen molar-refractivity contribution in [1.29, 1.82) is 0 Å². The predicted molar refractivity (Wildman–Crippen MR) is 155 cm³/mol. The number of carbonyl (C=O) groups is 2. The molecule has 5 aromatic rings. The van der Waals surface area contributed by atoms with Gasteiger partial charge in [0.05, 0.1) is 17.7 Å². The molecule has 0 saturated carbocycles. The van der Waals surface area contributed by atoms with Crippen LogP contribution in [0, 0.1) is 6.92 Å². The van der Waals surface area contributed by atoms with Crippen LogP contribution >= 0.6 is 34.4 Å². The highest BCUT2D eigenvalue weighted by atomic mass is 32.2. The van der Waals surface area contributed by atoms with E-state index in [0.29, 0.717) is 31.5 Å². The Balaban J connectivity index is 1.33. The summed E-state index contributed by atoms with van der Waals surface area (Å²) in [5, 5.41) is 7.91. The Hall–Kier alpha value is -3.73. The number of thioether (sulfide) groups is 1. The lowest BCUT2D eigenvalue weighted by Gasteiger charge is -2.09. The zero-order chi connectivity index (χ0) is 26.6. The van der Waals surface area contributed by atoms with Crippen LogP contribution in [0.3, 0.4) is 0 Å². The van der Waals surface area contributed by atoms with Crippen molar-refractivity contribution in [2.75, 3.05) is 17.7 Å². The third-order valence-electron chi connectivity index (χ3n) is 5.73. The molecule has 0 spiro atoms. The Bertz CT molecular complexity index is 1670. The van der Waals surface area contributed by atoms with E-state index >= 15 is 0 Å². The summed E-state index contributed by atoms with van der Waals surface area (Å²) in [6.07, 6.45) is 0. The van der Waals surface area contributed by atoms with E-state index in [9.17, 15) is 14.4 Å². The Morgan fingerprint density at radius 2 is 1.71 bits per heavy atom. The van der Waals surface area contributed by atoms with Crippen molar-refractivity contribution in [2.24, 2.45) is 0 Å². The van der Waals surface area contributed by atoms with Gasteiger partial charge in [-0.05, 0) is 25.0 Å². The van der Waals surface area contributed by atoms with Crippen LogP contribution < -0.4 is 10.9 Å². The van der Waals surface area contributed by atoms with Gasteiger partial charge in [-0.15, -0.1) is 22.7 Å². The highest BCUT2D eigenvalue weighted by molar-refractivity contribution is 7.99. The molecule has 0 unspecified atom stereocenters. The lowest BCUT2D eigenvalue weighted by atomic mass is 10.0. The van der Waals surface area contributed by atoms with Gasteiger partial charge >= 0.3 is 5.97 Å². The van der Waals surface area contributed by atoms with E-state index in [1.165, 1.54) is 22.7 Å². The van der Waals surface area contributed by atoms with E-state index < -0.39 is 5.97 Å². The molecule has 0 saturated heterocycles. The van der Waals surface area contributed by atoms with Crippen molar-refractivity contribution >= 4 is 61.5 Å². The van der Waals surface area contributed by atoms with Crippen molar-refractivity contribution in [3.8, 4) is 22.3 Å². The highest BCUT2D eigenvalue weighted by Gasteiger charge is 2.23. The molecule has 2 N–H and O–H groups in total. The molecule has 0 aliphatic rings. The number of esters is 1. The minimum absolute atomic E-state index is 0.00543. The maximum absolute atomic E-state index is 12.9. The van der Waals surface area contributed by atoms with Crippen LogP contribution in [-0.4, -0.2) is 34.2 Å². The number of ether oxygens (including phenoxy) is 1. The zero-order valence-electron chi connectivity index (χ0n) is 20.6. The number of aromatic nitrogens is 2. The number of nitrogens with one attached hydrogen (secondary N) is 2. The predicted octanol–water partition coefficient (Wildman–Crippen LogP) is 6.60. The van der Waals surface area contributed by atoms with Crippen LogP contribution in [0.25, 0.3) is 32.5 Å². The molecule has 5 rings (SSSR count). The number of nitrogens with zero attached hydrogens (tertiary/aromatic N) is 1. The third kappa shape index (κ3) is 5.42. The number of hydrogen-bond acceptors (Lipinski definition) is 8. The van der Waals surface area contributed by atoms with Crippen LogP contribution in [0.2, 0.25) is 0 Å². The minimum atomic E-state index is -0.492. The number of aryl methyl sites for hydroxylation is 1. The van der Waals surface area contributed by atoms with Gasteiger partial charge in [0.15, 0.2) is 5.16 Å². The molecule has 0 atom stereocenters. The second kappa shape index (κ2) is 11.3. The van der Waals surface area contributed by atoms with Crippen molar-refractivity contribution in [2.45, 2.75) is 19.0 Å². The number of carbonyl (C=O) groups excluding carboxylic acids is 2. The standard InChI is InChI=1S/C28H23N3O4S3/c1-3-35-27(34)23-20(17-7-5-4-6-8-17)14-37-26(23)29-21(32)15-38-28-30-24(33)22-19(13-36-25(22)31-28)18-11-9-16(2)10-12-18/h4-14H,3,15H2,1-2H3,(H,29,32)(H,30,31,33). The Morgan fingerprint density at radius 1 is 1.00 bits per heavy atom. The molecule has 0 aliphatic carbocycles. The maximum Gasteiger partial charge on any atom is 0.341 e. The first-order valence-electron chi connectivity index (χ1n) is 11.8. The van der Waals surface area contributed by atoms with Crippen LogP contribution in [0.1, 0.15) is 22.8 Å². The summed E-state index contributed by atoms with van der Waals surface area (Å²) in [6, 6.07) is 17.5. The molecule has 3 aromatic heterocycles. The fourth-order valence-corrected chi connectivity index (χ4v) is 6.57. The van der Waals surface area contributed by atoms with Gasteiger partial charge in [0.25, 0.3) is 5.56 Å². The molecule has 192 valence electrons. The monoisotopic (exact) mass is 561 g/mol. The zero-order valence-corrected chi connectivity index (χ0v) is 23.0. The number of aromatic amines is 1. The molecule has 0 fully saturated rings. The molecule has 38 heavy (non-hydrogen) atoms. The Labute approximate surface area is 230 Å². The molecule has 3 heterocycles. The van der Waals surface area contributed by atoms with E-state index in [4.69, 9.17) is 4.74 Å². The Morgan fingerprint density at radius 3 is 2.45 bits per heavy atom. The van der Waals surface area contributed by atoms with Crippen LogP contribution in [0.4, 0.5) is 5.00 Å². The fourth-order valence-electron chi connectivity index (χ4n) is 3.93. The topological polar surface area (TPSA) is 101 Å². The molecule has 7 nitrogen and oxygen atoms in total. The van der Waals surface area contributed by atoms with Gasteiger partial charge in [-0.2, -0.15) is 0 Å². The first-order valence-corrected chi connectivity index (χ1v) is 14.5. The summed E-state index contributed by atoms with van der Waals surface area (Å²) < 4.78 is 5.26. The number of anilines is 1.